The number of piperidine rings is 1. The highest BCUT2D eigenvalue weighted by atomic mass is 79.9. The smallest absolute Gasteiger partial charge is 0.258 e. The van der Waals surface area contributed by atoms with Gasteiger partial charge in [-0.25, -0.2) is 8.42 Å². The van der Waals surface area contributed by atoms with Crippen molar-refractivity contribution in [2.75, 3.05) is 19.7 Å². The molecule has 1 heterocycles. The van der Waals surface area contributed by atoms with Gasteiger partial charge in [0.15, 0.2) is 6.61 Å². The molecule has 2 aromatic carbocycles. The van der Waals surface area contributed by atoms with Gasteiger partial charge in [-0.1, -0.05) is 34.5 Å². The van der Waals surface area contributed by atoms with Crippen molar-refractivity contribution in [3.8, 4) is 5.75 Å². The van der Waals surface area contributed by atoms with E-state index < -0.39 is 10.0 Å². The van der Waals surface area contributed by atoms with Gasteiger partial charge in [-0.15, -0.1) is 0 Å². The van der Waals surface area contributed by atoms with Gasteiger partial charge in [0, 0.05) is 17.6 Å². The molecule has 30 heavy (non-hydrogen) atoms. The molecule has 1 aliphatic heterocycles. The Hall–Kier alpha value is -1.90. The summed E-state index contributed by atoms with van der Waals surface area (Å²) in [5.74, 6) is 0.254. The van der Waals surface area contributed by atoms with Crippen LogP contribution >= 0.6 is 15.9 Å². The number of rotatable bonds is 7. The van der Waals surface area contributed by atoms with Crippen molar-refractivity contribution < 1.29 is 17.9 Å². The van der Waals surface area contributed by atoms with Crippen LogP contribution in [0, 0.1) is 6.92 Å². The van der Waals surface area contributed by atoms with Gasteiger partial charge in [0.05, 0.1) is 10.9 Å². The van der Waals surface area contributed by atoms with Crippen LogP contribution in [0.3, 0.4) is 0 Å². The molecule has 1 amide bonds. The Kier molecular flexibility index (Phi) is 7.55. The summed E-state index contributed by atoms with van der Waals surface area (Å²) < 4.78 is 33.8. The van der Waals surface area contributed by atoms with Crippen LogP contribution in [0.2, 0.25) is 0 Å². The van der Waals surface area contributed by atoms with E-state index in [9.17, 15) is 13.2 Å². The molecule has 1 saturated heterocycles. The second kappa shape index (κ2) is 9.94. The molecule has 0 aromatic heterocycles. The number of sulfonamides is 1. The quantitative estimate of drug-likeness (QED) is 0.625. The van der Waals surface area contributed by atoms with Crippen LogP contribution in [0.5, 0.6) is 5.75 Å². The summed E-state index contributed by atoms with van der Waals surface area (Å²) in [7, 11) is -3.49. The lowest BCUT2D eigenvalue weighted by molar-refractivity contribution is -0.123. The zero-order chi connectivity index (χ0) is 21.7. The molecule has 0 spiro atoms. The molecule has 6 nitrogen and oxygen atoms in total. The molecule has 0 bridgehead atoms. The van der Waals surface area contributed by atoms with Gasteiger partial charge in [-0.3, -0.25) is 4.79 Å². The second-order valence-electron chi connectivity index (χ2n) is 7.52. The Morgan fingerprint density at radius 2 is 1.90 bits per heavy atom. The minimum absolute atomic E-state index is 0.141. The molecule has 0 aliphatic carbocycles. The first-order valence-electron chi connectivity index (χ1n) is 10.1. The minimum atomic E-state index is -3.49. The van der Waals surface area contributed by atoms with Crippen LogP contribution < -0.4 is 10.1 Å². The summed E-state index contributed by atoms with van der Waals surface area (Å²) in [6, 6.07) is 12.4. The first-order valence-corrected chi connectivity index (χ1v) is 12.3. The Bertz CT molecular complexity index is 1000. The highest BCUT2D eigenvalue weighted by molar-refractivity contribution is 9.10. The first kappa shape index (κ1) is 22.8. The average molecular weight is 495 g/mol. The van der Waals surface area contributed by atoms with Crippen LogP contribution in [-0.2, 0) is 14.8 Å². The molecule has 2 aromatic rings. The molecule has 162 valence electrons. The van der Waals surface area contributed by atoms with Crippen LogP contribution in [0.25, 0.3) is 0 Å². The van der Waals surface area contributed by atoms with E-state index in [0.717, 1.165) is 29.3 Å². The summed E-state index contributed by atoms with van der Waals surface area (Å²) >= 11 is 3.43. The molecule has 0 saturated carbocycles. The Morgan fingerprint density at radius 1 is 1.17 bits per heavy atom. The van der Waals surface area contributed by atoms with Gasteiger partial charge < -0.3 is 10.1 Å². The van der Waals surface area contributed by atoms with Crippen molar-refractivity contribution in [3.05, 3.63) is 58.1 Å². The molecule has 1 fully saturated rings. The number of nitrogens with zero attached hydrogens (tertiary/aromatic N) is 1. The summed E-state index contributed by atoms with van der Waals surface area (Å²) in [5, 5.41) is 2.90. The van der Waals surface area contributed by atoms with Gasteiger partial charge in [0.1, 0.15) is 5.75 Å². The van der Waals surface area contributed by atoms with E-state index in [-0.39, 0.29) is 23.5 Å². The number of hydrogen-bond donors (Lipinski definition) is 1. The number of nitrogens with one attached hydrogen (secondary N) is 1. The van der Waals surface area contributed by atoms with Gasteiger partial charge in [0.2, 0.25) is 10.0 Å². The van der Waals surface area contributed by atoms with E-state index in [1.165, 1.54) is 0 Å². The van der Waals surface area contributed by atoms with E-state index >= 15 is 0 Å². The predicted octanol–water partition coefficient (Wildman–Crippen LogP) is 4.19. The van der Waals surface area contributed by atoms with E-state index in [1.807, 2.05) is 31.2 Å². The maximum atomic E-state index is 12.8. The third kappa shape index (κ3) is 5.62. The first-order chi connectivity index (χ1) is 14.3. The van der Waals surface area contributed by atoms with Crippen LogP contribution in [0.4, 0.5) is 0 Å². The van der Waals surface area contributed by atoms with Gasteiger partial charge >= 0.3 is 0 Å². The fourth-order valence-corrected chi connectivity index (χ4v) is 5.50. The molecule has 3 rings (SSSR count). The van der Waals surface area contributed by atoms with Crippen LogP contribution in [0.1, 0.15) is 43.4 Å². The minimum Gasteiger partial charge on any atom is -0.484 e. The number of ether oxygens (including phenoxy) is 1. The Morgan fingerprint density at radius 3 is 2.57 bits per heavy atom. The second-order valence-corrected chi connectivity index (χ2v) is 10.4. The molecule has 1 unspecified atom stereocenters. The predicted molar refractivity (Wildman–Crippen MR) is 120 cm³/mol. The number of carbonyl (C=O) groups excluding carboxylic acids is 1. The lowest BCUT2D eigenvalue weighted by Gasteiger charge is -2.26. The largest absolute Gasteiger partial charge is 0.484 e. The normalized spacial score (nSPS) is 16.1. The number of aryl methyl sites for hydroxylation is 1. The molecular formula is C22H27BrN2O4S. The summed E-state index contributed by atoms with van der Waals surface area (Å²) in [6.07, 6.45) is 2.86. The number of hydrogen-bond acceptors (Lipinski definition) is 4. The number of amides is 1. The highest BCUT2D eigenvalue weighted by Gasteiger charge is 2.26. The van der Waals surface area contributed by atoms with Crippen molar-refractivity contribution >= 4 is 31.9 Å². The van der Waals surface area contributed by atoms with Crippen molar-refractivity contribution in [2.24, 2.45) is 0 Å². The fraction of sp³-hybridized carbons (Fsp3) is 0.409. The van der Waals surface area contributed by atoms with E-state index in [1.54, 1.807) is 29.4 Å². The van der Waals surface area contributed by atoms with Crippen LogP contribution in [-0.4, -0.2) is 38.3 Å². The van der Waals surface area contributed by atoms with E-state index in [0.29, 0.717) is 24.4 Å². The number of carbonyl (C=O) groups is 1. The Labute approximate surface area is 186 Å². The third-order valence-electron chi connectivity index (χ3n) is 5.18. The zero-order valence-corrected chi connectivity index (χ0v) is 19.6. The van der Waals surface area contributed by atoms with Gasteiger partial charge in [-0.2, -0.15) is 4.31 Å². The lowest BCUT2D eigenvalue weighted by atomic mass is 10.1. The number of benzene rings is 2. The van der Waals surface area contributed by atoms with Gasteiger partial charge in [-0.05, 0) is 68.1 Å². The summed E-state index contributed by atoms with van der Waals surface area (Å²) in [5.41, 5.74) is 1.67. The molecule has 8 heteroatoms. The van der Waals surface area contributed by atoms with Crippen molar-refractivity contribution in [2.45, 2.75) is 44.0 Å². The van der Waals surface area contributed by atoms with Crippen LogP contribution in [0.15, 0.2) is 51.8 Å². The summed E-state index contributed by atoms with van der Waals surface area (Å²) in [6.45, 7) is 4.68. The SMILES string of the molecule is Cc1cc(S(=O)(=O)N2CCCCC2)ccc1OCC(=O)NC(C)c1cccc(Br)c1. The standard InChI is InChI=1S/C22H27BrN2O4S/c1-16-13-20(30(27,28)25-11-4-3-5-12-25)9-10-21(16)29-15-22(26)24-17(2)18-7-6-8-19(23)14-18/h6-10,13-14,17H,3-5,11-12,15H2,1-2H3,(H,24,26). The molecular weight excluding hydrogens is 468 g/mol. The van der Waals surface area contributed by atoms with Crippen molar-refractivity contribution in [3.63, 3.8) is 0 Å². The highest BCUT2D eigenvalue weighted by Crippen LogP contribution is 2.26. The average Bonchev–Trinajstić information content (AvgIpc) is 2.73. The van der Waals surface area contributed by atoms with E-state index in [4.69, 9.17) is 4.74 Å². The number of halogens is 1. The molecule has 1 atom stereocenters. The van der Waals surface area contributed by atoms with Gasteiger partial charge in [0.25, 0.3) is 5.91 Å². The molecule has 1 aliphatic rings. The third-order valence-corrected chi connectivity index (χ3v) is 7.57. The summed E-state index contributed by atoms with van der Waals surface area (Å²) in [4.78, 5) is 12.5. The maximum Gasteiger partial charge on any atom is 0.258 e. The van der Waals surface area contributed by atoms with Crippen molar-refractivity contribution in [1.29, 1.82) is 0 Å². The van der Waals surface area contributed by atoms with Crippen molar-refractivity contribution in [1.82, 2.24) is 9.62 Å². The lowest BCUT2D eigenvalue weighted by Crippen LogP contribution is -2.35. The zero-order valence-electron chi connectivity index (χ0n) is 17.2. The van der Waals surface area contributed by atoms with E-state index in [2.05, 4.69) is 21.2 Å². The topological polar surface area (TPSA) is 75.7 Å². The monoisotopic (exact) mass is 494 g/mol. The molecule has 1 N–H and O–H groups in total. The Balaban J connectivity index is 1.60. The maximum absolute atomic E-state index is 12.8. The molecule has 0 radical (unpaired) electrons. The fourth-order valence-electron chi connectivity index (χ4n) is 3.48.